The van der Waals surface area contributed by atoms with Crippen molar-refractivity contribution in [2.45, 2.75) is 19.5 Å². The Labute approximate surface area is 138 Å². The Bertz CT molecular complexity index is 917. The van der Waals surface area contributed by atoms with Crippen molar-refractivity contribution in [2.24, 2.45) is 0 Å². The fourth-order valence-electron chi connectivity index (χ4n) is 2.12. The first kappa shape index (κ1) is 16.3. The number of nitrogens with zero attached hydrogens (tertiary/aromatic N) is 3. The number of hydrogen-bond donors (Lipinski definition) is 1. The Hall–Kier alpha value is -2.55. The van der Waals surface area contributed by atoms with Crippen molar-refractivity contribution in [1.29, 1.82) is 0 Å². The summed E-state index contributed by atoms with van der Waals surface area (Å²) in [6.07, 6.45) is -2.48. The third-order valence-corrected chi connectivity index (χ3v) is 3.40. The van der Waals surface area contributed by atoms with Crippen LogP contribution in [0.15, 0.2) is 29.0 Å². The van der Waals surface area contributed by atoms with Gasteiger partial charge in [0, 0.05) is 18.5 Å². The molecule has 3 aromatic heterocycles. The predicted molar refractivity (Wildman–Crippen MR) is 78.8 cm³/mol. The van der Waals surface area contributed by atoms with Crippen LogP contribution in [0.4, 0.5) is 19.0 Å². The maximum atomic E-state index is 12.8. The Morgan fingerprint density at radius 1 is 1.38 bits per heavy atom. The van der Waals surface area contributed by atoms with Crippen LogP contribution in [0, 0.1) is 6.92 Å². The fourth-order valence-corrected chi connectivity index (χ4v) is 2.38. The second-order valence-corrected chi connectivity index (χ2v) is 5.49. The molecule has 24 heavy (non-hydrogen) atoms. The average molecular weight is 359 g/mol. The first-order chi connectivity index (χ1) is 11.2. The van der Waals surface area contributed by atoms with Gasteiger partial charge >= 0.3 is 6.18 Å². The summed E-state index contributed by atoms with van der Waals surface area (Å²) in [4.78, 5) is 16.0. The topological polar surface area (TPSA) is 72.4 Å². The van der Waals surface area contributed by atoms with Crippen LogP contribution in [0.25, 0.3) is 5.65 Å². The molecule has 3 aromatic rings. The molecule has 0 spiro atoms. The number of carbonyl (C=O) groups is 1. The van der Waals surface area contributed by atoms with Crippen LogP contribution < -0.4 is 5.32 Å². The van der Waals surface area contributed by atoms with Crippen molar-refractivity contribution in [2.75, 3.05) is 5.32 Å². The van der Waals surface area contributed by atoms with Gasteiger partial charge in [0.25, 0.3) is 0 Å². The van der Waals surface area contributed by atoms with Crippen LogP contribution in [0.1, 0.15) is 17.0 Å². The van der Waals surface area contributed by atoms with Gasteiger partial charge in [-0.05, 0) is 13.0 Å². The molecular formula is C14H10ClF3N4O2. The van der Waals surface area contributed by atoms with Crippen LogP contribution in [0.5, 0.6) is 0 Å². The molecule has 0 saturated heterocycles. The molecule has 126 valence electrons. The van der Waals surface area contributed by atoms with Gasteiger partial charge in [0.1, 0.15) is 5.76 Å². The van der Waals surface area contributed by atoms with Crippen LogP contribution in [-0.2, 0) is 17.4 Å². The van der Waals surface area contributed by atoms with Crippen molar-refractivity contribution in [3.05, 3.63) is 46.6 Å². The number of alkyl halides is 3. The van der Waals surface area contributed by atoms with E-state index in [1.807, 2.05) is 0 Å². The summed E-state index contributed by atoms with van der Waals surface area (Å²) in [5.74, 6) is 0.349. The molecule has 0 saturated carbocycles. The van der Waals surface area contributed by atoms with E-state index in [-0.39, 0.29) is 28.6 Å². The zero-order valence-corrected chi connectivity index (χ0v) is 12.9. The number of anilines is 1. The largest absolute Gasteiger partial charge is 0.417 e. The second-order valence-electron chi connectivity index (χ2n) is 5.09. The number of aryl methyl sites for hydroxylation is 1. The number of nitrogens with one attached hydrogen (secondary N) is 1. The number of pyridine rings is 1. The van der Waals surface area contributed by atoms with Crippen molar-refractivity contribution in [3.8, 4) is 0 Å². The zero-order valence-electron chi connectivity index (χ0n) is 12.2. The molecule has 6 nitrogen and oxygen atoms in total. The highest BCUT2D eigenvalue weighted by Crippen LogP contribution is 2.32. The number of fused-ring (bicyclic) bond motifs is 1. The van der Waals surface area contributed by atoms with E-state index in [9.17, 15) is 18.0 Å². The van der Waals surface area contributed by atoms with Crippen molar-refractivity contribution >= 4 is 29.0 Å². The Kier molecular flexibility index (Phi) is 3.96. The molecule has 0 fully saturated rings. The molecule has 1 amide bonds. The van der Waals surface area contributed by atoms with Gasteiger partial charge in [-0.2, -0.15) is 13.2 Å². The molecule has 0 aliphatic rings. The van der Waals surface area contributed by atoms with E-state index >= 15 is 0 Å². The Morgan fingerprint density at radius 2 is 2.12 bits per heavy atom. The maximum Gasteiger partial charge on any atom is 0.417 e. The van der Waals surface area contributed by atoms with Gasteiger partial charge in [0.05, 0.1) is 22.7 Å². The summed E-state index contributed by atoms with van der Waals surface area (Å²) in [7, 11) is 0. The van der Waals surface area contributed by atoms with Gasteiger partial charge in [-0.1, -0.05) is 16.8 Å². The Morgan fingerprint density at radius 3 is 2.75 bits per heavy atom. The number of hydrogen-bond acceptors (Lipinski definition) is 4. The van der Waals surface area contributed by atoms with E-state index < -0.39 is 17.6 Å². The van der Waals surface area contributed by atoms with Gasteiger partial charge in [-0.25, -0.2) is 4.98 Å². The molecule has 1 N–H and O–H groups in total. The van der Waals surface area contributed by atoms with Crippen molar-refractivity contribution < 1.29 is 22.5 Å². The van der Waals surface area contributed by atoms with E-state index in [1.54, 1.807) is 6.92 Å². The summed E-state index contributed by atoms with van der Waals surface area (Å²) in [6.45, 7) is 1.67. The number of halogens is 4. The van der Waals surface area contributed by atoms with Gasteiger partial charge in [-0.3, -0.25) is 4.79 Å². The lowest BCUT2D eigenvalue weighted by molar-refractivity contribution is -0.137. The van der Waals surface area contributed by atoms with E-state index in [1.165, 1.54) is 12.3 Å². The van der Waals surface area contributed by atoms with Gasteiger partial charge in [-0.15, -0.1) is 0 Å². The highest BCUT2D eigenvalue weighted by atomic mass is 35.5. The average Bonchev–Trinajstić information content (AvgIpc) is 3.04. The molecular weight excluding hydrogens is 349 g/mol. The maximum absolute atomic E-state index is 12.8. The zero-order chi connectivity index (χ0) is 17.5. The van der Waals surface area contributed by atoms with Crippen molar-refractivity contribution in [1.82, 2.24) is 14.5 Å². The molecule has 0 aromatic carbocycles. The van der Waals surface area contributed by atoms with Crippen LogP contribution >= 0.6 is 11.6 Å². The van der Waals surface area contributed by atoms with Crippen LogP contribution in [0.3, 0.4) is 0 Å². The molecule has 3 rings (SSSR count). The minimum Gasteiger partial charge on any atom is -0.360 e. The minimum absolute atomic E-state index is 0.143. The molecule has 10 heteroatoms. The first-order valence-corrected chi connectivity index (χ1v) is 7.07. The summed E-state index contributed by atoms with van der Waals surface area (Å²) in [5.41, 5.74) is -0.481. The molecule has 0 aliphatic carbocycles. The van der Waals surface area contributed by atoms with Crippen molar-refractivity contribution in [3.63, 3.8) is 0 Å². The number of carbonyl (C=O) groups excluding carboxylic acids is 1. The summed E-state index contributed by atoms with van der Waals surface area (Å²) >= 11 is 5.84. The number of rotatable bonds is 3. The Balaban J connectivity index is 1.83. The normalized spacial score (nSPS) is 11.9. The lowest BCUT2D eigenvalue weighted by Gasteiger charge is -2.07. The third kappa shape index (κ3) is 3.35. The van der Waals surface area contributed by atoms with Gasteiger partial charge in [0.15, 0.2) is 11.5 Å². The smallest absolute Gasteiger partial charge is 0.360 e. The lowest BCUT2D eigenvalue weighted by atomic mass is 10.3. The SMILES string of the molecule is Cc1cc(NC(=O)Cc2cn3cc(C(F)(F)F)cc(Cl)c3n2)no1. The molecule has 0 unspecified atom stereocenters. The highest BCUT2D eigenvalue weighted by Gasteiger charge is 2.32. The van der Waals surface area contributed by atoms with E-state index in [0.29, 0.717) is 5.76 Å². The van der Waals surface area contributed by atoms with E-state index in [4.69, 9.17) is 16.1 Å². The summed E-state index contributed by atoms with van der Waals surface area (Å²) in [5, 5.41) is 5.96. The number of amides is 1. The molecule has 0 bridgehead atoms. The molecule has 0 aliphatic heterocycles. The lowest BCUT2D eigenvalue weighted by Crippen LogP contribution is -2.14. The van der Waals surface area contributed by atoms with Gasteiger partial charge in [0.2, 0.25) is 5.91 Å². The predicted octanol–water partition coefficient (Wildman–Crippen LogP) is 3.48. The van der Waals surface area contributed by atoms with Gasteiger partial charge < -0.3 is 14.2 Å². The molecule has 0 atom stereocenters. The second kappa shape index (κ2) is 5.82. The standard InChI is InChI=1S/C14H10ClF3N4O2/c1-7-2-11(21-24-7)20-12(23)4-9-6-22-5-8(14(16,17)18)3-10(15)13(22)19-9/h2-3,5-6H,4H2,1H3,(H,20,21,23). The number of aromatic nitrogens is 3. The van der Waals surface area contributed by atoms with E-state index in [2.05, 4.69) is 15.5 Å². The summed E-state index contributed by atoms with van der Waals surface area (Å²) < 4.78 is 44.3. The van der Waals surface area contributed by atoms with E-state index in [0.717, 1.165) is 16.7 Å². The number of imidazole rings is 1. The van der Waals surface area contributed by atoms with Crippen LogP contribution in [-0.4, -0.2) is 20.4 Å². The van der Waals surface area contributed by atoms with Crippen LogP contribution in [0.2, 0.25) is 5.02 Å². The third-order valence-electron chi connectivity index (χ3n) is 3.12. The first-order valence-electron chi connectivity index (χ1n) is 6.70. The molecule has 3 heterocycles. The quantitative estimate of drug-likeness (QED) is 0.778. The molecule has 0 radical (unpaired) electrons. The highest BCUT2D eigenvalue weighted by molar-refractivity contribution is 6.33. The monoisotopic (exact) mass is 358 g/mol. The minimum atomic E-state index is -4.52. The fraction of sp³-hybridized carbons (Fsp3) is 0.214. The summed E-state index contributed by atoms with van der Waals surface area (Å²) in [6, 6.07) is 2.33.